The van der Waals surface area contributed by atoms with E-state index >= 15 is 0 Å². The molecule has 1 amide bonds. The van der Waals surface area contributed by atoms with E-state index in [0.717, 1.165) is 16.8 Å². The predicted molar refractivity (Wildman–Crippen MR) is 114 cm³/mol. The van der Waals surface area contributed by atoms with E-state index in [1.54, 1.807) is 18.1 Å². The van der Waals surface area contributed by atoms with Gasteiger partial charge in [0.2, 0.25) is 0 Å². The third kappa shape index (κ3) is 4.20. The number of nitrogens with zero attached hydrogens (tertiary/aromatic N) is 3. The Morgan fingerprint density at radius 1 is 0.933 bits per heavy atom. The summed E-state index contributed by atoms with van der Waals surface area (Å²) >= 11 is 0. The number of hydrogen-bond acceptors (Lipinski definition) is 6. The van der Waals surface area contributed by atoms with Crippen molar-refractivity contribution in [3.05, 3.63) is 66.4 Å². The number of benzene rings is 2. The minimum Gasteiger partial charge on any atom is -0.495 e. The Morgan fingerprint density at radius 3 is 2.47 bits per heavy atom. The van der Waals surface area contributed by atoms with Gasteiger partial charge in [-0.2, -0.15) is 0 Å². The summed E-state index contributed by atoms with van der Waals surface area (Å²) in [5, 5.41) is 0.943. The molecule has 2 aromatic carbocycles. The molecule has 7 nitrogen and oxygen atoms in total. The predicted octanol–water partition coefficient (Wildman–Crippen LogP) is 2.75. The van der Waals surface area contributed by atoms with Crippen molar-refractivity contribution in [1.29, 1.82) is 0 Å². The van der Waals surface area contributed by atoms with Gasteiger partial charge in [-0.15, -0.1) is 0 Å². The molecule has 0 aliphatic carbocycles. The number of methoxy groups -OCH3 is 1. The number of carbonyl (C=O) groups is 2. The number of fused-ring (bicyclic) bond motifs is 1. The summed E-state index contributed by atoms with van der Waals surface area (Å²) in [4.78, 5) is 33.0. The fourth-order valence-electron chi connectivity index (χ4n) is 3.56. The van der Waals surface area contributed by atoms with E-state index in [9.17, 15) is 9.59 Å². The quantitative estimate of drug-likeness (QED) is 0.608. The zero-order chi connectivity index (χ0) is 20.9. The lowest BCUT2D eigenvalue weighted by Gasteiger charge is -2.36. The Labute approximate surface area is 174 Å². The number of carbonyl (C=O) groups excluding carboxylic acids is 2. The highest BCUT2D eigenvalue weighted by Gasteiger charge is 2.24. The molecule has 154 valence electrons. The van der Waals surface area contributed by atoms with Crippen LogP contribution in [0.3, 0.4) is 0 Å². The van der Waals surface area contributed by atoms with Gasteiger partial charge in [0.15, 0.2) is 6.61 Å². The molecule has 3 aromatic rings. The first-order chi connectivity index (χ1) is 14.7. The first-order valence-corrected chi connectivity index (χ1v) is 9.84. The van der Waals surface area contributed by atoms with Crippen LogP contribution in [0.4, 0.5) is 5.69 Å². The number of para-hydroxylation sites is 3. The van der Waals surface area contributed by atoms with Gasteiger partial charge in [-0.1, -0.05) is 36.4 Å². The van der Waals surface area contributed by atoms with Gasteiger partial charge in [0.1, 0.15) is 11.4 Å². The van der Waals surface area contributed by atoms with Gasteiger partial charge in [-0.3, -0.25) is 4.79 Å². The van der Waals surface area contributed by atoms with Crippen molar-refractivity contribution in [2.75, 3.05) is 44.8 Å². The summed E-state index contributed by atoms with van der Waals surface area (Å²) in [5.41, 5.74) is 1.93. The molecule has 0 spiro atoms. The highest BCUT2D eigenvalue weighted by atomic mass is 16.5. The summed E-state index contributed by atoms with van der Waals surface area (Å²) in [6.07, 6.45) is 0. The van der Waals surface area contributed by atoms with Crippen LogP contribution in [0.1, 0.15) is 10.5 Å². The first kappa shape index (κ1) is 19.7. The number of hydrogen-bond donors (Lipinski definition) is 0. The minimum atomic E-state index is -0.596. The number of aromatic nitrogens is 1. The molecular formula is C23H23N3O4. The molecule has 1 aromatic heterocycles. The van der Waals surface area contributed by atoms with Crippen molar-refractivity contribution < 1.29 is 19.1 Å². The van der Waals surface area contributed by atoms with Crippen LogP contribution >= 0.6 is 0 Å². The van der Waals surface area contributed by atoms with Crippen LogP contribution < -0.4 is 9.64 Å². The molecule has 1 fully saturated rings. The van der Waals surface area contributed by atoms with Gasteiger partial charge in [0.05, 0.1) is 18.3 Å². The van der Waals surface area contributed by atoms with E-state index in [4.69, 9.17) is 9.47 Å². The average Bonchev–Trinajstić information content (AvgIpc) is 2.82. The Morgan fingerprint density at radius 2 is 1.67 bits per heavy atom. The molecule has 0 bridgehead atoms. The monoisotopic (exact) mass is 405 g/mol. The van der Waals surface area contributed by atoms with Crippen molar-refractivity contribution in [2.24, 2.45) is 0 Å². The van der Waals surface area contributed by atoms with Crippen LogP contribution in [0.15, 0.2) is 60.7 Å². The molecule has 30 heavy (non-hydrogen) atoms. The highest BCUT2D eigenvalue weighted by molar-refractivity contribution is 5.92. The largest absolute Gasteiger partial charge is 0.495 e. The van der Waals surface area contributed by atoms with Crippen LogP contribution in [-0.4, -0.2) is 61.7 Å². The minimum absolute atomic E-state index is 0.197. The maximum atomic E-state index is 12.5. The molecule has 0 radical (unpaired) electrons. The number of anilines is 1. The van der Waals surface area contributed by atoms with Gasteiger partial charge >= 0.3 is 5.97 Å². The van der Waals surface area contributed by atoms with Crippen molar-refractivity contribution in [1.82, 2.24) is 9.88 Å². The van der Waals surface area contributed by atoms with E-state index < -0.39 is 5.97 Å². The third-order valence-electron chi connectivity index (χ3n) is 5.19. The lowest BCUT2D eigenvalue weighted by molar-refractivity contribution is -0.134. The van der Waals surface area contributed by atoms with Crippen LogP contribution in [-0.2, 0) is 9.53 Å². The number of pyridine rings is 1. The van der Waals surface area contributed by atoms with Gasteiger partial charge in [0, 0.05) is 31.6 Å². The van der Waals surface area contributed by atoms with Gasteiger partial charge in [-0.25, -0.2) is 9.78 Å². The number of rotatable bonds is 5. The summed E-state index contributed by atoms with van der Waals surface area (Å²) in [6, 6.07) is 18.8. The molecular weight excluding hydrogens is 382 g/mol. The summed E-state index contributed by atoms with van der Waals surface area (Å²) in [7, 11) is 1.65. The fourth-order valence-corrected chi connectivity index (χ4v) is 3.56. The van der Waals surface area contributed by atoms with Crippen LogP contribution in [0.25, 0.3) is 10.9 Å². The van der Waals surface area contributed by atoms with E-state index in [1.165, 1.54) is 0 Å². The Kier molecular flexibility index (Phi) is 5.79. The Balaban J connectivity index is 1.31. The number of ether oxygens (including phenoxy) is 2. The number of esters is 1. The summed E-state index contributed by atoms with van der Waals surface area (Å²) < 4.78 is 10.6. The smallest absolute Gasteiger partial charge is 0.357 e. The van der Waals surface area contributed by atoms with Crippen molar-refractivity contribution in [2.45, 2.75) is 0 Å². The SMILES string of the molecule is COc1ccccc1N1CCN(C(=O)COC(=O)c2ccc3ccccc3n2)CC1. The summed E-state index contributed by atoms with van der Waals surface area (Å²) in [6.45, 7) is 2.20. The molecule has 1 aliphatic rings. The number of piperazine rings is 1. The topological polar surface area (TPSA) is 72.0 Å². The maximum Gasteiger partial charge on any atom is 0.357 e. The van der Waals surface area contributed by atoms with E-state index in [-0.39, 0.29) is 18.2 Å². The Bertz CT molecular complexity index is 1060. The van der Waals surface area contributed by atoms with Crippen LogP contribution in [0, 0.1) is 0 Å². The van der Waals surface area contributed by atoms with Gasteiger partial charge < -0.3 is 19.3 Å². The summed E-state index contributed by atoms with van der Waals surface area (Å²) in [5.74, 6) is 0.0136. The van der Waals surface area contributed by atoms with Crippen LogP contribution in [0.5, 0.6) is 5.75 Å². The third-order valence-corrected chi connectivity index (χ3v) is 5.19. The van der Waals surface area contributed by atoms with Gasteiger partial charge in [0.25, 0.3) is 5.91 Å². The number of amides is 1. The van der Waals surface area contributed by atoms with Gasteiger partial charge in [-0.05, 0) is 24.3 Å². The molecule has 1 saturated heterocycles. The molecule has 0 N–H and O–H groups in total. The molecule has 2 heterocycles. The van der Waals surface area contributed by atoms with E-state index in [0.29, 0.717) is 31.7 Å². The molecule has 0 saturated carbocycles. The molecule has 1 aliphatic heterocycles. The zero-order valence-electron chi connectivity index (χ0n) is 16.8. The molecule has 0 atom stereocenters. The Hall–Kier alpha value is -3.61. The zero-order valence-corrected chi connectivity index (χ0v) is 16.8. The highest BCUT2D eigenvalue weighted by Crippen LogP contribution is 2.28. The van der Waals surface area contributed by atoms with E-state index in [2.05, 4.69) is 9.88 Å². The van der Waals surface area contributed by atoms with Crippen molar-refractivity contribution >= 4 is 28.5 Å². The fraction of sp³-hybridized carbons (Fsp3) is 0.261. The second kappa shape index (κ2) is 8.82. The van der Waals surface area contributed by atoms with Crippen molar-refractivity contribution in [3.63, 3.8) is 0 Å². The second-order valence-electron chi connectivity index (χ2n) is 7.01. The second-order valence-corrected chi connectivity index (χ2v) is 7.01. The molecule has 0 unspecified atom stereocenters. The lowest BCUT2D eigenvalue weighted by atomic mass is 10.2. The normalized spacial score (nSPS) is 13.9. The molecule has 4 rings (SSSR count). The standard InChI is InChI=1S/C23H23N3O4/c1-29-21-9-5-4-8-20(21)25-12-14-26(15-13-25)22(27)16-30-23(28)19-11-10-17-6-2-3-7-18(17)24-19/h2-11H,12-16H2,1H3. The van der Waals surface area contributed by atoms with Crippen LogP contribution in [0.2, 0.25) is 0 Å². The van der Waals surface area contributed by atoms with Crippen molar-refractivity contribution in [3.8, 4) is 5.75 Å². The van der Waals surface area contributed by atoms with E-state index in [1.807, 2.05) is 54.6 Å². The first-order valence-electron chi connectivity index (χ1n) is 9.84. The maximum absolute atomic E-state index is 12.5. The lowest BCUT2D eigenvalue weighted by Crippen LogP contribution is -2.50. The average molecular weight is 405 g/mol. The molecule has 7 heteroatoms.